The first-order valence-electron chi connectivity index (χ1n) is 7.30. The fourth-order valence-corrected chi connectivity index (χ4v) is 2.57. The Morgan fingerprint density at radius 3 is 3.14 bits per heavy atom. The number of aromatic amines is 1. The molecule has 1 aliphatic rings. The molecule has 0 radical (unpaired) electrons. The van der Waals surface area contributed by atoms with Gasteiger partial charge in [0, 0.05) is 42.7 Å². The molecule has 6 nitrogen and oxygen atoms in total. The van der Waals surface area contributed by atoms with Crippen LogP contribution in [0.25, 0.3) is 11.3 Å². The molecule has 0 bridgehead atoms. The lowest BCUT2D eigenvalue weighted by Gasteiger charge is -2.21. The molecule has 0 aliphatic carbocycles. The maximum atomic E-state index is 5.62. The minimum absolute atomic E-state index is 0.504. The van der Waals surface area contributed by atoms with E-state index in [1.54, 1.807) is 0 Å². The van der Waals surface area contributed by atoms with Crippen molar-refractivity contribution in [3.05, 3.63) is 42.2 Å². The van der Waals surface area contributed by atoms with Gasteiger partial charge < -0.3 is 20.7 Å². The number of benzene rings is 1. The highest BCUT2D eigenvalue weighted by Gasteiger charge is 2.16. The van der Waals surface area contributed by atoms with Crippen molar-refractivity contribution in [3.63, 3.8) is 0 Å². The van der Waals surface area contributed by atoms with E-state index in [9.17, 15) is 0 Å². The zero-order chi connectivity index (χ0) is 15.5. The van der Waals surface area contributed by atoms with Crippen LogP contribution in [0.2, 0.25) is 0 Å². The van der Waals surface area contributed by atoms with Gasteiger partial charge in [0.25, 0.3) is 0 Å². The van der Waals surface area contributed by atoms with Crippen LogP contribution in [0.3, 0.4) is 0 Å². The summed E-state index contributed by atoms with van der Waals surface area (Å²) in [6.07, 6.45) is 1.94. The van der Waals surface area contributed by atoms with Gasteiger partial charge in [-0.05, 0) is 25.2 Å². The molecule has 4 N–H and O–H groups in total. The molecule has 1 aliphatic heterocycles. The monoisotopic (exact) mass is 299 g/mol. The van der Waals surface area contributed by atoms with E-state index in [2.05, 4.69) is 34.0 Å². The van der Waals surface area contributed by atoms with E-state index in [0.717, 1.165) is 47.0 Å². The Morgan fingerprint density at radius 2 is 2.32 bits per heavy atom. The van der Waals surface area contributed by atoms with E-state index in [-0.39, 0.29) is 0 Å². The first-order chi connectivity index (χ1) is 10.7. The van der Waals surface area contributed by atoms with Gasteiger partial charge >= 0.3 is 0 Å². The molecule has 0 amide bonds. The molecular weight excluding hydrogens is 278 g/mol. The Balaban J connectivity index is 1.87. The minimum atomic E-state index is 0.504. The molecule has 2 heterocycles. The smallest absolute Gasteiger partial charge is 0.143 e. The fourth-order valence-electron chi connectivity index (χ4n) is 2.57. The summed E-state index contributed by atoms with van der Waals surface area (Å²) >= 11 is 0. The van der Waals surface area contributed by atoms with E-state index in [1.807, 2.05) is 24.4 Å². The van der Waals surface area contributed by atoms with Crippen LogP contribution in [0.15, 0.2) is 36.7 Å². The van der Waals surface area contributed by atoms with Gasteiger partial charge in [0.1, 0.15) is 12.4 Å². The molecule has 3 rings (SSSR count). The van der Waals surface area contributed by atoms with Gasteiger partial charge in [-0.3, -0.25) is 5.10 Å². The number of nitrogens with zero attached hydrogens (tertiary/aromatic N) is 2. The summed E-state index contributed by atoms with van der Waals surface area (Å²) in [6, 6.07) is 6.03. The highest BCUT2D eigenvalue weighted by Crippen LogP contribution is 2.34. The number of anilines is 1. The first-order valence-corrected chi connectivity index (χ1v) is 7.30. The molecule has 0 unspecified atom stereocenters. The standard InChI is InChI=1S/C16H21N5O/c1-11-10-22-15-4-3-12(7-14(15)19-11)16-13(8-18-20-16)9-21(2)6-5-17/h3-4,7-8,19H,1,5-6,9-10,17H2,2H3,(H,18,20). The third kappa shape index (κ3) is 2.98. The third-order valence-corrected chi connectivity index (χ3v) is 3.64. The summed E-state index contributed by atoms with van der Waals surface area (Å²) in [5.41, 5.74) is 10.5. The fraction of sp³-hybridized carbons (Fsp3) is 0.312. The maximum absolute atomic E-state index is 5.62. The van der Waals surface area contributed by atoms with Crippen LogP contribution in [0.1, 0.15) is 5.56 Å². The van der Waals surface area contributed by atoms with Gasteiger partial charge in [-0.1, -0.05) is 6.58 Å². The highest BCUT2D eigenvalue weighted by atomic mass is 16.5. The van der Waals surface area contributed by atoms with Crippen LogP contribution in [-0.2, 0) is 6.54 Å². The van der Waals surface area contributed by atoms with Crippen molar-refractivity contribution in [2.75, 3.05) is 32.1 Å². The summed E-state index contributed by atoms with van der Waals surface area (Å²) in [5.74, 6) is 0.841. The number of hydrogen-bond acceptors (Lipinski definition) is 5. The summed E-state index contributed by atoms with van der Waals surface area (Å²) < 4.78 is 5.62. The number of rotatable bonds is 5. The van der Waals surface area contributed by atoms with Gasteiger partial charge in [-0.25, -0.2) is 0 Å². The third-order valence-electron chi connectivity index (χ3n) is 3.64. The van der Waals surface area contributed by atoms with E-state index in [0.29, 0.717) is 13.2 Å². The largest absolute Gasteiger partial charge is 0.485 e. The Labute approximate surface area is 130 Å². The molecule has 1 aromatic carbocycles. The number of hydrogen-bond donors (Lipinski definition) is 3. The lowest BCUT2D eigenvalue weighted by Crippen LogP contribution is -2.25. The number of likely N-dealkylation sites (N-methyl/N-ethyl adjacent to an activating group) is 1. The molecule has 116 valence electrons. The molecule has 1 aromatic heterocycles. The molecule has 2 aromatic rings. The number of fused-ring (bicyclic) bond motifs is 1. The van der Waals surface area contributed by atoms with Crippen molar-refractivity contribution in [2.24, 2.45) is 5.73 Å². The van der Waals surface area contributed by atoms with Crippen LogP contribution in [0.5, 0.6) is 5.75 Å². The first kappa shape index (κ1) is 14.6. The lowest BCUT2D eigenvalue weighted by molar-refractivity contribution is 0.337. The van der Waals surface area contributed by atoms with E-state index < -0.39 is 0 Å². The van der Waals surface area contributed by atoms with Gasteiger partial charge in [0.15, 0.2) is 0 Å². The Hall–Kier alpha value is -2.31. The van der Waals surface area contributed by atoms with E-state index in [1.165, 1.54) is 0 Å². The van der Waals surface area contributed by atoms with Gasteiger partial charge in [0.05, 0.1) is 11.4 Å². The number of H-pyrrole nitrogens is 1. The summed E-state index contributed by atoms with van der Waals surface area (Å²) in [4.78, 5) is 2.18. The zero-order valence-corrected chi connectivity index (χ0v) is 12.7. The lowest BCUT2D eigenvalue weighted by atomic mass is 10.1. The SMILES string of the molecule is C=C1COc2ccc(-c3n[nH]cc3CN(C)CCN)cc2N1. The number of nitrogens with one attached hydrogen (secondary N) is 2. The van der Waals surface area contributed by atoms with Crippen molar-refractivity contribution in [1.82, 2.24) is 15.1 Å². The molecule has 0 fully saturated rings. The van der Waals surface area contributed by atoms with Crippen molar-refractivity contribution >= 4 is 5.69 Å². The van der Waals surface area contributed by atoms with Crippen molar-refractivity contribution < 1.29 is 4.74 Å². The summed E-state index contributed by atoms with van der Waals surface area (Å²) in [7, 11) is 2.05. The molecule has 0 spiro atoms. The second kappa shape index (κ2) is 6.21. The van der Waals surface area contributed by atoms with Crippen LogP contribution in [-0.4, -0.2) is 41.8 Å². The summed E-state index contributed by atoms with van der Waals surface area (Å²) in [5, 5.41) is 10.6. The Bertz CT molecular complexity index is 679. The predicted molar refractivity (Wildman–Crippen MR) is 87.7 cm³/mol. The average Bonchev–Trinajstić information content (AvgIpc) is 2.94. The molecular formula is C16H21N5O. The van der Waals surface area contributed by atoms with Crippen molar-refractivity contribution in [2.45, 2.75) is 6.54 Å². The van der Waals surface area contributed by atoms with Gasteiger partial charge in [-0.15, -0.1) is 0 Å². The van der Waals surface area contributed by atoms with Crippen LogP contribution in [0.4, 0.5) is 5.69 Å². The maximum Gasteiger partial charge on any atom is 0.143 e. The van der Waals surface area contributed by atoms with Crippen LogP contribution >= 0.6 is 0 Å². The normalized spacial score (nSPS) is 13.7. The average molecular weight is 299 g/mol. The predicted octanol–water partition coefficient (Wildman–Crippen LogP) is 1.79. The van der Waals surface area contributed by atoms with Gasteiger partial charge in [0.2, 0.25) is 0 Å². The number of ether oxygens (including phenoxy) is 1. The molecule has 22 heavy (non-hydrogen) atoms. The minimum Gasteiger partial charge on any atom is -0.485 e. The number of nitrogens with two attached hydrogens (primary N) is 1. The molecule has 6 heteroatoms. The van der Waals surface area contributed by atoms with Crippen LogP contribution in [0, 0.1) is 0 Å². The second-order valence-corrected chi connectivity index (χ2v) is 5.51. The van der Waals surface area contributed by atoms with Crippen molar-refractivity contribution in [3.8, 4) is 17.0 Å². The highest BCUT2D eigenvalue weighted by molar-refractivity contribution is 5.73. The zero-order valence-electron chi connectivity index (χ0n) is 12.7. The van der Waals surface area contributed by atoms with E-state index >= 15 is 0 Å². The quantitative estimate of drug-likeness (QED) is 0.784. The van der Waals surface area contributed by atoms with Crippen LogP contribution < -0.4 is 15.8 Å². The Kier molecular flexibility index (Phi) is 4.13. The second-order valence-electron chi connectivity index (χ2n) is 5.51. The topological polar surface area (TPSA) is 79.2 Å². The molecule has 0 atom stereocenters. The summed E-state index contributed by atoms with van der Waals surface area (Å²) in [6.45, 7) is 6.71. The van der Waals surface area contributed by atoms with Crippen molar-refractivity contribution in [1.29, 1.82) is 0 Å². The van der Waals surface area contributed by atoms with Gasteiger partial charge in [-0.2, -0.15) is 5.10 Å². The Morgan fingerprint density at radius 1 is 1.45 bits per heavy atom. The number of aromatic nitrogens is 2. The van der Waals surface area contributed by atoms with E-state index in [4.69, 9.17) is 10.5 Å². The molecule has 0 saturated carbocycles. The molecule has 0 saturated heterocycles.